The van der Waals surface area contributed by atoms with Crippen LogP contribution < -0.4 is 10.6 Å². The van der Waals surface area contributed by atoms with Gasteiger partial charge in [0.15, 0.2) is 5.11 Å². The smallest absolute Gasteiger partial charge is 0.308 e. The van der Waals surface area contributed by atoms with Crippen LogP contribution in [0.2, 0.25) is 5.02 Å². The topological polar surface area (TPSA) is 87.7 Å². The van der Waals surface area contributed by atoms with Crippen LogP contribution in [0.4, 0.5) is 0 Å². The van der Waals surface area contributed by atoms with Crippen LogP contribution in [-0.4, -0.2) is 53.5 Å². The van der Waals surface area contributed by atoms with Gasteiger partial charge in [-0.05, 0) is 24.7 Å². The Labute approximate surface area is 226 Å². The molecule has 7 nitrogen and oxygen atoms in total. The van der Waals surface area contributed by atoms with E-state index in [1.165, 1.54) is 43.4 Å². The average Bonchev–Trinajstić information content (AvgIpc) is 3.21. The molecule has 2 N–H and O–H groups in total. The molecule has 2 heterocycles. The van der Waals surface area contributed by atoms with Crippen LogP contribution in [0, 0.1) is 0 Å². The molecule has 1 aromatic carbocycles. The van der Waals surface area contributed by atoms with Gasteiger partial charge in [-0.2, -0.15) is 0 Å². The van der Waals surface area contributed by atoms with Gasteiger partial charge in [0.25, 0.3) is 5.91 Å². The van der Waals surface area contributed by atoms with Crippen LogP contribution in [0.15, 0.2) is 24.3 Å². The summed E-state index contributed by atoms with van der Waals surface area (Å²) in [5.41, 5.74) is 0. The van der Waals surface area contributed by atoms with Gasteiger partial charge in [-0.25, -0.2) is 0 Å². The molecule has 3 rings (SSSR count). The first-order valence-electron chi connectivity index (χ1n) is 12.6. The number of ether oxygens (including phenoxy) is 1. The van der Waals surface area contributed by atoms with Crippen LogP contribution in [0.25, 0.3) is 10.1 Å². The van der Waals surface area contributed by atoms with Gasteiger partial charge in [0.2, 0.25) is 5.91 Å². The van der Waals surface area contributed by atoms with E-state index in [4.69, 9.17) is 28.6 Å². The monoisotopic (exact) mass is 551 g/mol. The highest BCUT2D eigenvalue weighted by molar-refractivity contribution is 7.80. The van der Waals surface area contributed by atoms with E-state index >= 15 is 0 Å². The SMILES string of the molecule is CCCCCCCCCCOC(=O)CC1C(=O)NCCN1C(=S)NC(=O)c1sc2ccccc2c1Cl. The van der Waals surface area contributed by atoms with Gasteiger partial charge in [-0.15, -0.1) is 11.3 Å². The number of nitrogens with zero attached hydrogens (tertiary/aromatic N) is 1. The summed E-state index contributed by atoms with van der Waals surface area (Å²) in [6.07, 6.45) is 9.10. The zero-order valence-electron chi connectivity index (χ0n) is 20.6. The third-order valence-corrected chi connectivity index (χ3v) is 8.18. The molecule has 1 aliphatic rings. The Morgan fingerprint density at radius 1 is 1.17 bits per heavy atom. The summed E-state index contributed by atoms with van der Waals surface area (Å²) in [5, 5.41) is 6.70. The van der Waals surface area contributed by atoms with E-state index in [9.17, 15) is 14.4 Å². The summed E-state index contributed by atoms with van der Waals surface area (Å²) >= 11 is 13.1. The Morgan fingerprint density at radius 2 is 1.86 bits per heavy atom. The molecule has 1 saturated heterocycles. The molecule has 0 radical (unpaired) electrons. The normalized spacial score (nSPS) is 15.6. The second-order valence-corrected chi connectivity index (χ2v) is 10.7. The van der Waals surface area contributed by atoms with Gasteiger partial charge in [0.05, 0.1) is 18.1 Å². The van der Waals surface area contributed by atoms with E-state index in [-0.39, 0.29) is 17.4 Å². The molecule has 2 amide bonds. The number of hydrogen-bond acceptors (Lipinski definition) is 6. The number of unbranched alkanes of at least 4 members (excludes halogenated alkanes) is 7. The number of thiocarbonyl (C=S) groups is 1. The molecule has 196 valence electrons. The van der Waals surface area contributed by atoms with Gasteiger partial charge >= 0.3 is 5.97 Å². The molecule has 1 aromatic heterocycles. The van der Waals surface area contributed by atoms with Crippen LogP contribution in [0.1, 0.15) is 74.4 Å². The number of carbonyl (C=O) groups is 3. The first-order valence-corrected chi connectivity index (χ1v) is 14.2. The fourth-order valence-electron chi connectivity index (χ4n) is 4.19. The van der Waals surface area contributed by atoms with E-state index in [1.807, 2.05) is 24.3 Å². The number of halogens is 1. The van der Waals surface area contributed by atoms with E-state index in [2.05, 4.69) is 17.6 Å². The van der Waals surface area contributed by atoms with Crippen molar-refractivity contribution in [2.75, 3.05) is 19.7 Å². The third kappa shape index (κ3) is 7.88. The minimum Gasteiger partial charge on any atom is -0.466 e. The summed E-state index contributed by atoms with van der Waals surface area (Å²) in [6, 6.07) is 6.65. The van der Waals surface area contributed by atoms with Gasteiger partial charge < -0.3 is 15.0 Å². The van der Waals surface area contributed by atoms with E-state index < -0.39 is 17.9 Å². The molecular formula is C26H34ClN3O4S2. The second-order valence-electron chi connectivity index (χ2n) is 8.90. The lowest BCUT2D eigenvalue weighted by atomic mass is 10.1. The average molecular weight is 552 g/mol. The van der Waals surface area contributed by atoms with Crippen molar-refractivity contribution in [3.05, 3.63) is 34.2 Å². The molecule has 1 fully saturated rings. The molecule has 0 spiro atoms. The van der Waals surface area contributed by atoms with Crippen molar-refractivity contribution in [2.45, 2.75) is 70.8 Å². The zero-order chi connectivity index (χ0) is 25.9. The number of nitrogens with one attached hydrogen (secondary N) is 2. The van der Waals surface area contributed by atoms with Crippen LogP contribution in [-0.2, 0) is 14.3 Å². The predicted molar refractivity (Wildman–Crippen MR) is 149 cm³/mol. The Kier molecular flexibility index (Phi) is 11.4. The molecular weight excluding hydrogens is 518 g/mol. The number of piperazine rings is 1. The minimum absolute atomic E-state index is 0.0873. The van der Waals surface area contributed by atoms with E-state index in [1.54, 1.807) is 4.90 Å². The van der Waals surface area contributed by atoms with Gasteiger partial charge in [-0.1, -0.05) is 81.7 Å². The number of benzene rings is 1. The molecule has 36 heavy (non-hydrogen) atoms. The number of carbonyl (C=O) groups excluding carboxylic acids is 3. The molecule has 0 saturated carbocycles. The number of thiophene rings is 1. The predicted octanol–water partition coefficient (Wildman–Crippen LogP) is 5.44. The van der Waals surface area contributed by atoms with Crippen molar-refractivity contribution in [2.24, 2.45) is 0 Å². The number of hydrogen-bond donors (Lipinski definition) is 2. The first-order chi connectivity index (χ1) is 17.4. The summed E-state index contributed by atoms with van der Waals surface area (Å²) in [6.45, 7) is 3.29. The van der Waals surface area contributed by atoms with Crippen LogP contribution in [0.5, 0.6) is 0 Å². The third-order valence-electron chi connectivity index (χ3n) is 6.17. The maximum absolute atomic E-state index is 12.9. The maximum Gasteiger partial charge on any atom is 0.308 e. The van der Waals surface area contributed by atoms with Gasteiger partial charge in [0.1, 0.15) is 10.9 Å². The highest BCUT2D eigenvalue weighted by Crippen LogP contribution is 2.35. The van der Waals surface area contributed by atoms with Crippen molar-refractivity contribution in [1.29, 1.82) is 0 Å². The van der Waals surface area contributed by atoms with Crippen molar-refractivity contribution in [3.63, 3.8) is 0 Å². The molecule has 10 heteroatoms. The van der Waals surface area contributed by atoms with Gasteiger partial charge in [0, 0.05) is 23.2 Å². The number of fused-ring (bicyclic) bond motifs is 1. The molecule has 2 aromatic rings. The number of esters is 1. The Bertz CT molecular complexity index is 1070. The molecule has 1 unspecified atom stereocenters. The Balaban J connectivity index is 1.48. The zero-order valence-corrected chi connectivity index (χ0v) is 23.0. The van der Waals surface area contributed by atoms with Crippen LogP contribution in [0.3, 0.4) is 0 Å². The Hall–Kier alpha value is -2.23. The fourth-order valence-corrected chi connectivity index (χ4v) is 5.91. The standard InChI is InChI=1S/C26H34ClN3O4S2/c1-2-3-4-5-6-7-8-11-16-34-21(31)17-19-24(32)28-14-15-30(19)26(35)29-25(33)23-22(27)18-12-9-10-13-20(18)36-23/h9-10,12-13,19H,2-8,11,14-17H2,1H3,(H,28,32)(H,29,33,35). The second kappa shape index (κ2) is 14.5. The molecule has 1 atom stereocenters. The highest BCUT2D eigenvalue weighted by atomic mass is 35.5. The lowest BCUT2D eigenvalue weighted by molar-refractivity contribution is -0.147. The maximum atomic E-state index is 12.9. The lowest BCUT2D eigenvalue weighted by Gasteiger charge is -2.36. The minimum atomic E-state index is -0.838. The summed E-state index contributed by atoms with van der Waals surface area (Å²) in [7, 11) is 0. The first kappa shape index (κ1) is 28.3. The molecule has 0 aliphatic carbocycles. The van der Waals surface area contributed by atoms with Gasteiger partial charge in [-0.3, -0.25) is 19.7 Å². The number of amides is 2. The highest BCUT2D eigenvalue weighted by Gasteiger charge is 2.34. The molecule has 1 aliphatic heterocycles. The fraction of sp³-hybridized carbons (Fsp3) is 0.538. The number of rotatable bonds is 12. The Morgan fingerprint density at radius 3 is 2.58 bits per heavy atom. The van der Waals surface area contributed by atoms with Crippen molar-refractivity contribution >= 4 is 68.1 Å². The van der Waals surface area contributed by atoms with E-state index in [0.717, 1.165) is 29.3 Å². The van der Waals surface area contributed by atoms with Crippen molar-refractivity contribution < 1.29 is 19.1 Å². The van der Waals surface area contributed by atoms with Crippen molar-refractivity contribution in [1.82, 2.24) is 15.5 Å². The summed E-state index contributed by atoms with van der Waals surface area (Å²) in [4.78, 5) is 39.8. The largest absolute Gasteiger partial charge is 0.466 e. The quantitative estimate of drug-likeness (QED) is 0.207. The van der Waals surface area contributed by atoms with Crippen LogP contribution >= 0.6 is 35.2 Å². The lowest BCUT2D eigenvalue weighted by Crippen LogP contribution is -2.60. The summed E-state index contributed by atoms with van der Waals surface area (Å²) in [5.74, 6) is -1.21. The van der Waals surface area contributed by atoms with Crippen molar-refractivity contribution in [3.8, 4) is 0 Å². The summed E-state index contributed by atoms with van der Waals surface area (Å²) < 4.78 is 6.27. The van der Waals surface area contributed by atoms with E-state index in [0.29, 0.717) is 29.6 Å². The molecule has 0 bridgehead atoms.